The largest absolute Gasteiger partial charge is 0.497 e. The van der Waals surface area contributed by atoms with E-state index < -0.39 is 21.7 Å². The van der Waals surface area contributed by atoms with E-state index in [1.165, 1.54) is 19.2 Å². The van der Waals surface area contributed by atoms with E-state index in [0.717, 1.165) is 18.2 Å². The number of carbonyl (C=O) groups is 1. The summed E-state index contributed by atoms with van der Waals surface area (Å²) in [5, 5.41) is 2.42. The predicted molar refractivity (Wildman–Crippen MR) is 110 cm³/mol. The molecule has 0 unspecified atom stereocenters. The zero-order valence-electron chi connectivity index (χ0n) is 15.1. The van der Waals surface area contributed by atoms with Crippen LogP contribution in [0.5, 0.6) is 5.75 Å². The molecule has 0 heterocycles. The van der Waals surface area contributed by atoms with Crippen molar-refractivity contribution >= 4 is 38.9 Å². The van der Waals surface area contributed by atoms with Crippen molar-refractivity contribution in [3.63, 3.8) is 0 Å². The highest BCUT2D eigenvalue weighted by atomic mass is 35.5. The maximum absolute atomic E-state index is 13.2. The maximum atomic E-state index is 13.2. The summed E-state index contributed by atoms with van der Waals surface area (Å²) < 4.78 is 46.0. The van der Waals surface area contributed by atoms with Crippen LogP contribution in [0.1, 0.15) is 10.4 Å². The number of amides is 1. The van der Waals surface area contributed by atoms with Crippen LogP contribution in [0.2, 0.25) is 5.02 Å². The van der Waals surface area contributed by atoms with Crippen LogP contribution in [-0.4, -0.2) is 21.4 Å². The molecule has 0 saturated carbocycles. The van der Waals surface area contributed by atoms with Gasteiger partial charge in [0.2, 0.25) is 0 Å². The minimum Gasteiger partial charge on any atom is -0.497 e. The van der Waals surface area contributed by atoms with E-state index in [0.29, 0.717) is 11.4 Å². The summed E-state index contributed by atoms with van der Waals surface area (Å²) in [6.07, 6.45) is 0. The summed E-state index contributed by atoms with van der Waals surface area (Å²) in [6.45, 7) is 0. The highest BCUT2D eigenvalue weighted by Crippen LogP contribution is 2.26. The van der Waals surface area contributed by atoms with Gasteiger partial charge in [0, 0.05) is 5.69 Å². The van der Waals surface area contributed by atoms with E-state index in [1.807, 2.05) is 0 Å². The van der Waals surface area contributed by atoms with Gasteiger partial charge in [-0.2, -0.15) is 0 Å². The fraction of sp³-hybridized carbons (Fsp3) is 0.0500. The molecule has 0 spiro atoms. The van der Waals surface area contributed by atoms with Crippen LogP contribution in [-0.2, 0) is 10.0 Å². The van der Waals surface area contributed by atoms with Crippen molar-refractivity contribution in [3.05, 3.63) is 83.1 Å². The Morgan fingerprint density at radius 2 is 1.72 bits per heavy atom. The van der Waals surface area contributed by atoms with Crippen molar-refractivity contribution < 1.29 is 22.3 Å². The smallest absolute Gasteiger partial charge is 0.263 e. The van der Waals surface area contributed by atoms with E-state index in [9.17, 15) is 17.6 Å². The second kappa shape index (κ2) is 8.50. The minimum absolute atomic E-state index is 0.0545. The molecule has 0 fully saturated rings. The molecular weight excluding hydrogens is 419 g/mol. The summed E-state index contributed by atoms with van der Waals surface area (Å²) in [4.78, 5) is 12.4. The first-order valence-electron chi connectivity index (χ1n) is 8.32. The molecule has 0 atom stereocenters. The third-order valence-electron chi connectivity index (χ3n) is 3.95. The van der Waals surface area contributed by atoms with Gasteiger partial charge in [0.15, 0.2) is 0 Å². The van der Waals surface area contributed by atoms with Gasteiger partial charge in [0.25, 0.3) is 15.9 Å². The van der Waals surface area contributed by atoms with E-state index in [1.54, 1.807) is 36.4 Å². The van der Waals surface area contributed by atoms with E-state index in [-0.39, 0.29) is 21.2 Å². The predicted octanol–water partition coefficient (Wildman–Crippen LogP) is 4.54. The van der Waals surface area contributed by atoms with Gasteiger partial charge in [0.05, 0.1) is 23.4 Å². The van der Waals surface area contributed by atoms with Gasteiger partial charge in [-0.25, -0.2) is 12.8 Å². The van der Waals surface area contributed by atoms with E-state index in [2.05, 4.69) is 10.0 Å². The molecule has 0 bridgehead atoms. The lowest BCUT2D eigenvalue weighted by Gasteiger charge is -2.13. The van der Waals surface area contributed by atoms with Crippen LogP contribution in [0.4, 0.5) is 15.8 Å². The standard InChI is InChI=1S/C20H16ClFN2O4S/c1-28-15-9-7-14(8-10-15)23-20(25)16-4-2-3-5-18(16)24-29(26,27)19-11-6-13(22)12-17(19)21/h2-12,24H,1H3,(H,23,25). The van der Waals surface area contributed by atoms with Crippen LogP contribution in [0.15, 0.2) is 71.6 Å². The molecular formula is C20H16ClFN2O4S. The fourth-order valence-corrected chi connectivity index (χ4v) is 4.15. The molecule has 0 aromatic heterocycles. The SMILES string of the molecule is COc1ccc(NC(=O)c2ccccc2NS(=O)(=O)c2ccc(F)cc2Cl)cc1. The average molecular weight is 435 g/mol. The molecule has 0 saturated heterocycles. The van der Waals surface area contributed by atoms with Crippen molar-refractivity contribution in [2.45, 2.75) is 4.90 Å². The Kier molecular flexibility index (Phi) is 6.05. The quantitative estimate of drug-likeness (QED) is 0.596. The first kappa shape index (κ1) is 20.6. The topological polar surface area (TPSA) is 84.5 Å². The van der Waals surface area contributed by atoms with Crippen molar-refractivity contribution in [1.29, 1.82) is 0 Å². The Balaban J connectivity index is 1.87. The van der Waals surface area contributed by atoms with Gasteiger partial charge >= 0.3 is 0 Å². The summed E-state index contributed by atoms with van der Waals surface area (Å²) >= 11 is 5.87. The number of hydrogen-bond donors (Lipinski definition) is 2. The molecule has 0 aliphatic heterocycles. The summed E-state index contributed by atoms with van der Waals surface area (Å²) in [5.41, 5.74) is 0.666. The number of benzene rings is 3. The number of nitrogens with one attached hydrogen (secondary N) is 2. The van der Waals surface area contributed by atoms with Gasteiger partial charge in [-0.15, -0.1) is 0 Å². The molecule has 0 aliphatic rings. The van der Waals surface area contributed by atoms with Crippen molar-refractivity contribution in [2.75, 3.05) is 17.1 Å². The molecule has 1 amide bonds. The Morgan fingerprint density at radius 3 is 2.38 bits per heavy atom. The molecule has 3 aromatic carbocycles. The van der Waals surface area contributed by atoms with Crippen LogP contribution in [0.25, 0.3) is 0 Å². The van der Waals surface area contributed by atoms with Crippen molar-refractivity contribution in [1.82, 2.24) is 0 Å². The molecule has 0 radical (unpaired) electrons. The summed E-state index contributed by atoms with van der Waals surface area (Å²) in [6, 6.07) is 15.7. The van der Waals surface area contributed by atoms with E-state index in [4.69, 9.17) is 16.3 Å². The Labute approximate surface area is 172 Å². The third kappa shape index (κ3) is 4.85. The number of hydrogen-bond acceptors (Lipinski definition) is 4. The number of ether oxygens (including phenoxy) is 1. The average Bonchev–Trinajstić information content (AvgIpc) is 2.68. The first-order valence-corrected chi connectivity index (χ1v) is 10.2. The van der Waals surface area contributed by atoms with Crippen molar-refractivity contribution in [3.8, 4) is 5.75 Å². The van der Waals surface area contributed by atoms with E-state index >= 15 is 0 Å². The number of methoxy groups -OCH3 is 1. The Bertz CT molecular complexity index is 1150. The second-order valence-electron chi connectivity index (χ2n) is 5.91. The van der Waals surface area contributed by atoms with Crippen LogP contribution in [0.3, 0.4) is 0 Å². The number of carbonyl (C=O) groups excluding carboxylic acids is 1. The molecule has 3 aromatic rings. The molecule has 29 heavy (non-hydrogen) atoms. The monoisotopic (exact) mass is 434 g/mol. The zero-order chi connectivity index (χ0) is 21.0. The van der Waals surface area contributed by atoms with Gasteiger partial charge in [-0.3, -0.25) is 9.52 Å². The van der Waals surface area contributed by atoms with Gasteiger partial charge in [-0.05, 0) is 54.6 Å². The third-order valence-corrected chi connectivity index (χ3v) is 5.80. The summed E-state index contributed by atoms with van der Waals surface area (Å²) in [5.74, 6) is -0.542. The minimum atomic E-state index is -4.14. The molecule has 2 N–H and O–H groups in total. The van der Waals surface area contributed by atoms with Gasteiger partial charge in [-0.1, -0.05) is 23.7 Å². The molecule has 0 aliphatic carbocycles. The number of sulfonamides is 1. The highest BCUT2D eigenvalue weighted by Gasteiger charge is 2.21. The number of anilines is 2. The highest BCUT2D eigenvalue weighted by molar-refractivity contribution is 7.92. The molecule has 6 nitrogen and oxygen atoms in total. The summed E-state index contributed by atoms with van der Waals surface area (Å²) in [7, 11) is -2.61. The van der Waals surface area contributed by atoms with Gasteiger partial charge in [0.1, 0.15) is 16.5 Å². The number of rotatable bonds is 6. The van der Waals surface area contributed by atoms with Gasteiger partial charge < -0.3 is 10.1 Å². The normalized spacial score (nSPS) is 11.0. The number of halogens is 2. The second-order valence-corrected chi connectivity index (χ2v) is 7.97. The van der Waals surface area contributed by atoms with Crippen LogP contribution >= 0.6 is 11.6 Å². The van der Waals surface area contributed by atoms with Crippen LogP contribution in [0, 0.1) is 5.82 Å². The maximum Gasteiger partial charge on any atom is 0.263 e. The fourth-order valence-electron chi connectivity index (χ4n) is 2.54. The lowest BCUT2D eigenvalue weighted by atomic mass is 10.1. The molecule has 3 rings (SSSR count). The van der Waals surface area contributed by atoms with Crippen LogP contribution < -0.4 is 14.8 Å². The molecule has 9 heteroatoms. The lowest BCUT2D eigenvalue weighted by molar-refractivity contribution is 0.102. The first-order chi connectivity index (χ1) is 13.8. The Morgan fingerprint density at radius 1 is 1.03 bits per heavy atom. The number of para-hydroxylation sites is 1. The molecule has 150 valence electrons. The van der Waals surface area contributed by atoms with Crippen molar-refractivity contribution in [2.24, 2.45) is 0 Å². The zero-order valence-corrected chi connectivity index (χ0v) is 16.7. The Hall–Kier alpha value is -3.10. The lowest BCUT2D eigenvalue weighted by Crippen LogP contribution is -2.19.